The van der Waals surface area contributed by atoms with E-state index in [-0.39, 0.29) is 18.6 Å². The van der Waals surface area contributed by atoms with Crippen molar-refractivity contribution < 1.29 is 10.2 Å². The summed E-state index contributed by atoms with van der Waals surface area (Å²) in [4.78, 5) is 0. The first-order chi connectivity index (χ1) is 5.22. The Bertz CT molecular complexity index is 83.6. The zero-order valence-electron chi connectivity index (χ0n) is 7.58. The minimum absolute atomic E-state index is 0.0341. The summed E-state index contributed by atoms with van der Waals surface area (Å²) >= 11 is 0. The Balaban J connectivity index is 3.28. The Morgan fingerprint density at radius 1 is 1.27 bits per heavy atom. The third-order valence-electron chi connectivity index (χ3n) is 2.05. The smallest absolute Gasteiger partial charge is 0.0587 e. The van der Waals surface area contributed by atoms with Crippen molar-refractivity contribution in [3.8, 4) is 0 Å². The van der Waals surface area contributed by atoms with E-state index in [1.807, 2.05) is 6.92 Å². The summed E-state index contributed by atoms with van der Waals surface area (Å²) in [5.41, 5.74) is 0. The molecule has 2 N–H and O–H groups in total. The number of hydrogen-bond donors (Lipinski definition) is 2. The van der Waals surface area contributed by atoms with Crippen LogP contribution in [0.5, 0.6) is 0 Å². The molecule has 0 spiro atoms. The summed E-state index contributed by atoms with van der Waals surface area (Å²) in [7, 11) is 0. The summed E-state index contributed by atoms with van der Waals surface area (Å²) in [5, 5.41) is 18.1. The summed E-state index contributed by atoms with van der Waals surface area (Å²) in [6, 6.07) is 0. The molecular formula is C9H20O2. The van der Waals surface area contributed by atoms with E-state index in [0.29, 0.717) is 0 Å². The molecule has 2 heteroatoms. The maximum Gasteiger partial charge on any atom is 0.0587 e. The standard InChI is InChI=1S/C9H20O2/c1-3-4-5-6-9(11)8(2)7-10/h8-11H,3-7H2,1-2H3/t8-,9+/m0/s1. The molecule has 0 aromatic rings. The fourth-order valence-corrected chi connectivity index (χ4v) is 1.01. The molecule has 2 nitrogen and oxygen atoms in total. The Morgan fingerprint density at radius 2 is 1.91 bits per heavy atom. The quantitative estimate of drug-likeness (QED) is 0.579. The third-order valence-corrected chi connectivity index (χ3v) is 2.05. The molecule has 68 valence electrons. The first-order valence-corrected chi connectivity index (χ1v) is 4.51. The van der Waals surface area contributed by atoms with Gasteiger partial charge in [-0.2, -0.15) is 0 Å². The molecule has 0 aromatic heterocycles. The number of hydrogen-bond acceptors (Lipinski definition) is 2. The van der Waals surface area contributed by atoms with E-state index in [0.717, 1.165) is 12.8 Å². The minimum atomic E-state index is -0.313. The topological polar surface area (TPSA) is 40.5 Å². The lowest BCUT2D eigenvalue weighted by Gasteiger charge is -2.15. The summed E-state index contributed by atoms with van der Waals surface area (Å²) < 4.78 is 0. The van der Waals surface area contributed by atoms with E-state index >= 15 is 0 Å². The van der Waals surface area contributed by atoms with Crippen LogP contribution >= 0.6 is 0 Å². The SMILES string of the molecule is CCCCC[C@@H](O)[C@@H](C)CO. The highest BCUT2D eigenvalue weighted by atomic mass is 16.3. The van der Waals surface area contributed by atoms with Crippen molar-refractivity contribution in [3.05, 3.63) is 0 Å². The number of unbranched alkanes of at least 4 members (excludes halogenated alkanes) is 2. The first kappa shape index (κ1) is 10.9. The van der Waals surface area contributed by atoms with Gasteiger partial charge in [-0.3, -0.25) is 0 Å². The van der Waals surface area contributed by atoms with E-state index in [1.165, 1.54) is 12.8 Å². The molecule has 0 bridgehead atoms. The minimum Gasteiger partial charge on any atom is -0.396 e. The monoisotopic (exact) mass is 160 g/mol. The zero-order chi connectivity index (χ0) is 8.69. The van der Waals surface area contributed by atoms with E-state index in [1.54, 1.807) is 0 Å². The van der Waals surface area contributed by atoms with Crippen LogP contribution in [0.3, 0.4) is 0 Å². The average molecular weight is 160 g/mol. The van der Waals surface area contributed by atoms with Crippen molar-refractivity contribution in [2.45, 2.75) is 45.6 Å². The predicted molar refractivity (Wildman–Crippen MR) is 46.4 cm³/mol. The van der Waals surface area contributed by atoms with Crippen LogP contribution in [0.4, 0.5) is 0 Å². The molecular weight excluding hydrogens is 140 g/mol. The molecule has 0 radical (unpaired) electrons. The van der Waals surface area contributed by atoms with Gasteiger partial charge in [-0.15, -0.1) is 0 Å². The second-order valence-electron chi connectivity index (χ2n) is 3.22. The second kappa shape index (κ2) is 6.62. The fraction of sp³-hybridized carbons (Fsp3) is 1.00. The Hall–Kier alpha value is -0.0800. The summed E-state index contributed by atoms with van der Waals surface area (Å²) in [6.45, 7) is 4.10. The maximum absolute atomic E-state index is 9.38. The number of aliphatic hydroxyl groups is 2. The molecule has 0 aliphatic heterocycles. The van der Waals surface area contributed by atoms with Crippen LogP contribution < -0.4 is 0 Å². The van der Waals surface area contributed by atoms with Crippen molar-refractivity contribution in [2.24, 2.45) is 5.92 Å². The molecule has 0 heterocycles. The third kappa shape index (κ3) is 5.22. The van der Waals surface area contributed by atoms with Gasteiger partial charge >= 0.3 is 0 Å². The first-order valence-electron chi connectivity index (χ1n) is 4.51. The van der Waals surface area contributed by atoms with Crippen LogP contribution in [0.15, 0.2) is 0 Å². The van der Waals surface area contributed by atoms with Crippen LogP contribution in [0, 0.1) is 5.92 Å². The highest BCUT2D eigenvalue weighted by Gasteiger charge is 2.11. The molecule has 0 amide bonds. The van der Waals surface area contributed by atoms with Crippen LogP contribution in [-0.4, -0.2) is 22.9 Å². The van der Waals surface area contributed by atoms with Crippen molar-refractivity contribution in [3.63, 3.8) is 0 Å². The molecule has 0 saturated carbocycles. The molecule has 0 saturated heterocycles. The zero-order valence-corrected chi connectivity index (χ0v) is 7.58. The Labute approximate surface area is 69.2 Å². The molecule has 0 rings (SSSR count). The van der Waals surface area contributed by atoms with Crippen molar-refractivity contribution >= 4 is 0 Å². The average Bonchev–Trinajstić information content (AvgIpc) is 2.03. The number of rotatable bonds is 6. The lowest BCUT2D eigenvalue weighted by molar-refractivity contribution is 0.0686. The van der Waals surface area contributed by atoms with Gasteiger partial charge in [0.15, 0.2) is 0 Å². The van der Waals surface area contributed by atoms with E-state index in [2.05, 4.69) is 6.92 Å². The van der Waals surface area contributed by atoms with Crippen molar-refractivity contribution in [1.29, 1.82) is 0 Å². The van der Waals surface area contributed by atoms with Crippen molar-refractivity contribution in [1.82, 2.24) is 0 Å². The van der Waals surface area contributed by atoms with Gasteiger partial charge in [-0.25, -0.2) is 0 Å². The molecule has 0 aliphatic carbocycles. The van der Waals surface area contributed by atoms with E-state index in [9.17, 15) is 5.11 Å². The van der Waals surface area contributed by atoms with Gasteiger partial charge in [0, 0.05) is 12.5 Å². The summed E-state index contributed by atoms with van der Waals surface area (Å²) in [6.07, 6.45) is 3.94. The highest BCUT2D eigenvalue weighted by Crippen LogP contribution is 2.10. The molecule has 0 unspecified atom stereocenters. The molecule has 2 atom stereocenters. The van der Waals surface area contributed by atoms with Crippen LogP contribution in [-0.2, 0) is 0 Å². The normalized spacial score (nSPS) is 16.4. The van der Waals surface area contributed by atoms with Gasteiger partial charge in [0.1, 0.15) is 0 Å². The van der Waals surface area contributed by atoms with Gasteiger partial charge in [-0.05, 0) is 6.42 Å². The lowest BCUT2D eigenvalue weighted by Crippen LogP contribution is -2.20. The molecule has 0 aromatic carbocycles. The van der Waals surface area contributed by atoms with Gasteiger partial charge < -0.3 is 10.2 Å². The van der Waals surface area contributed by atoms with Gasteiger partial charge in [0.2, 0.25) is 0 Å². The number of aliphatic hydroxyl groups excluding tert-OH is 2. The molecule has 0 fully saturated rings. The Kier molecular flexibility index (Phi) is 6.57. The van der Waals surface area contributed by atoms with E-state index < -0.39 is 0 Å². The Morgan fingerprint density at radius 3 is 2.36 bits per heavy atom. The lowest BCUT2D eigenvalue weighted by atomic mass is 10.0. The van der Waals surface area contributed by atoms with Crippen LogP contribution in [0.25, 0.3) is 0 Å². The second-order valence-corrected chi connectivity index (χ2v) is 3.22. The molecule has 0 aliphatic rings. The van der Waals surface area contributed by atoms with Gasteiger partial charge in [-0.1, -0.05) is 33.1 Å². The largest absolute Gasteiger partial charge is 0.396 e. The van der Waals surface area contributed by atoms with Gasteiger partial charge in [0.05, 0.1) is 6.10 Å². The summed E-state index contributed by atoms with van der Waals surface area (Å²) in [5.74, 6) is 0.0341. The molecule has 11 heavy (non-hydrogen) atoms. The fourth-order valence-electron chi connectivity index (χ4n) is 1.01. The predicted octanol–water partition coefficient (Wildman–Crippen LogP) is 1.56. The van der Waals surface area contributed by atoms with Crippen LogP contribution in [0.1, 0.15) is 39.5 Å². The van der Waals surface area contributed by atoms with E-state index in [4.69, 9.17) is 5.11 Å². The van der Waals surface area contributed by atoms with Crippen molar-refractivity contribution in [2.75, 3.05) is 6.61 Å². The van der Waals surface area contributed by atoms with Gasteiger partial charge in [0.25, 0.3) is 0 Å². The van der Waals surface area contributed by atoms with Crippen LogP contribution in [0.2, 0.25) is 0 Å². The maximum atomic E-state index is 9.38. The highest BCUT2D eigenvalue weighted by molar-refractivity contribution is 4.62.